The Labute approximate surface area is 250 Å². The zero-order valence-corrected chi connectivity index (χ0v) is 24.5. The Morgan fingerprint density at radius 3 is 2.35 bits per heavy atom. The number of ether oxygens (including phenoxy) is 2. The number of alkyl halides is 2. The second kappa shape index (κ2) is 14.0. The minimum absolute atomic E-state index is 0.111. The molecular weight excluding hydrogens is 558 g/mol. The third-order valence-electron chi connectivity index (χ3n) is 8.62. The third kappa shape index (κ3) is 7.44. The monoisotopic (exact) mass is 598 g/mol. The lowest BCUT2D eigenvalue weighted by Gasteiger charge is -2.30. The smallest absolute Gasteiger partial charge is 0.296 e. The van der Waals surface area contributed by atoms with Crippen LogP contribution in [0.4, 0.5) is 20.7 Å². The van der Waals surface area contributed by atoms with Crippen molar-refractivity contribution in [1.29, 1.82) is 0 Å². The van der Waals surface area contributed by atoms with Crippen molar-refractivity contribution < 1.29 is 23.0 Å². The molecular formula is C30H40F2N8O3. The molecule has 0 bridgehead atoms. The molecule has 1 aliphatic carbocycles. The predicted molar refractivity (Wildman–Crippen MR) is 158 cm³/mol. The van der Waals surface area contributed by atoms with Crippen LogP contribution in [0.1, 0.15) is 57.2 Å². The molecule has 0 radical (unpaired) electrons. The van der Waals surface area contributed by atoms with Gasteiger partial charge >= 0.3 is 0 Å². The number of carbonyl (C=O) groups is 1. The van der Waals surface area contributed by atoms with Crippen LogP contribution < -0.4 is 10.2 Å². The van der Waals surface area contributed by atoms with E-state index >= 15 is 0 Å². The third-order valence-corrected chi connectivity index (χ3v) is 8.62. The SMILES string of the molecule is O=C(CCCN1CCOCC1)CC1CCC(Nc2nc(N3CCOCC3)nc(-n3c(C(F)F)nc4ccccc43)n2)CC1. The number of fused-ring (bicyclic) bond motifs is 1. The second-order valence-electron chi connectivity index (χ2n) is 11.6. The zero-order chi connectivity index (χ0) is 29.6. The van der Waals surface area contributed by atoms with Gasteiger partial charge in [-0.25, -0.2) is 13.8 Å². The van der Waals surface area contributed by atoms with E-state index in [1.807, 2.05) is 4.90 Å². The van der Waals surface area contributed by atoms with E-state index in [-0.39, 0.29) is 12.0 Å². The van der Waals surface area contributed by atoms with Crippen LogP contribution in [0.2, 0.25) is 0 Å². The summed E-state index contributed by atoms with van der Waals surface area (Å²) in [5, 5.41) is 3.46. The molecule has 3 aromatic rings. The summed E-state index contributed by atoms with van der Waals surface area (Å²) in [6, 6.07) is 7.12. The summed E-state index contributed by atoms with van der Waals surface area (Å²) in [5.41, 5.74) is 0.965. The highest BCUT2D eigenvalue weighted by Crippen LogP contribution is 2.31. The molecule has 2 aliphatic heterocycles. The highest BCUT2D eigenvalue weighted by Gasteiger charge is 2.27. The van der Waals surface area contributed by atoms with Gasteiger partial charge in [-0.1, -0.05) is 12.1 Å². The zero-order valence-electron chi connectivity index (χ0n) is 24.5. The Balaban J connectivity index is 1.12. The number of nitrogens with zero attached hydrogens (tertiary/aromatic N) is 7. The van der Waals surface area contributed by atoms with Gasteiger partial charge in [0.25, 0.3) is 6.43 Å². The van der Waals surface area contributed by atoms with E-state index in [0.29, 0.717) is 73.8 Å². The van der Waals surface area contributed by atoms with Gasteiger partial charge in [0.15, 0.2) is 5.82 Å². The van der Waals surface area contributed by atoms with Crippen LogP contribution in [-0.2, 0) is 14.3 Å². The number of para-hydroxylation sites is 2. The van der Waals surface area contributed by atoms with E-state index in [4.69, 9.17) is 14.5 Å². The van der Waals surface area contributed by atoms with Gasteiger partial charge in [0.1, 0.15) is 5.78 Å². The van der Waals surface area contributed by atoms with Crippen LogP contribution in [0.15, 0.2) is 24.3 Å². The molecule has 1 saturated carbocycles. The van der Waals surface area contributed by atoms with Gasteiger partial charge in [-0.05, 0) is 56.7 Å². The fraction of sp³-hybridized carbons (Fsp3) is 0.633. The van der Waals surface area contributed by atoms with Crippen LogP contribution in [-0.4, -0.2) is 100 Å². The van der Waals surface area contributed by atoms with E-state index in [1.54, 1.807) is 24.3 Å². The topological polar surface area (TPSA) is 111 Å². The van der Waals surface area contributed by atoms with Crippen molar-refractivity contribution >= 4 is 28.7 Å². The van der Waals surface area contributed by atoms with Crippen molar-refractivity contribution in [1.82, 2.24) is 29.4 Å². The maximum atomic E-state index is 14.1. The van der Waals surface area contributed by atoms with Crippen molar-refractivity contribution in [2.45, 2.75) is 57.4 Å². The largest absolute Gasteiger partial charge is 0.379 e. The first kappa shape index (κ1) is 29.8. The summed E-state index contributed by atoms with van der Waals surface area (Å²) >= 11 is 0. The van der Waals surface area contributed by atoms with Crippen LogP contribution >= 0.6 is 0 Å². The Bertz CT molecular complexity index is 1370. The Hall–Kier alpha value is -3.29. The number of Topliss-reactive ketones (excluding diaryl/α,β-unsaturated/α-hetero) is 1. The first-order valence-electron chi connectivity index (χ1n) is 15.5. The van der Waals surface area contributed by atoms with Crippen LogP contribution in [0, 0.1) is 5.92 Å². The van der Waals surface area contributed by atoms with Crippen LogP contribution in [0.5, 0.6) is 0 Å². The highest BCUT2D eigenvalue weighted by molar-refractivity contribution is 5.78. The molecule has 2 aromatic heterocycles. The van der Waals surface area contributed by atoms with Gasteiger partial charge in [0.05, 0.1) is 37.5 Å². The maximum absolute atomic E-state index is 14.1. The molecule has 13 heteroatoms. The first-order valence-corrected chi connectivity index (χ1v) is 15.5. The molecule has 6 rings (SSSR count). The fourth-order valence-corrected chi connectivity index (χ4v) is 6.27. The minimum atomic E-state index is -2.80. The number of ketones is 1. The molecule has 0 amide bonds. The molecule has 2 saturated heterocycles. The standard InChI is InChI=1S/C30H40F2N8O3/c31-26(32)27-34-24-5-1-2-6-25(24)40(27)30-36-28(35-29(37-30)39-14-18-43-19-15-39)33-22-9-7-21(8-10-22)20-23(41)4-3-11-38-12-16-42-17-13-38/h1-2,5-6,21-22,26H,3-4,7-20H2,(H,33,35,36,37). The van der Waals surface area contributed by atoms with Crippen LogP contribution in [0.25, 0.3) is 17.0 Å². The summed E-state index contributed by atoms with van der Waals surface area (Å²) in [5.74, 6) is 1.22. The molecule has 11 nitrogen and oxygen atoms in total. The summed E-state index contributed by atoms with van der Waals surface area (Å²) in [7, 11) is 0. The van der Waals surface area contributed by atoms with E-state index in [9.17, 15) is 13.6 Å². The second-order valence-corrected chi connectivity index (χ2v) is 11.6. The number of nitrogens with one attached hydrogen (secondary N) is 1. The van der Waals surface area contributed by atoms with Crippen molar-refractivity contribution in [3.05, 3.63) is 30.1 Å². The quantitative estimate of drug-likeness (QED) is 0.347. The number of imidazole rings is 1. The van der Waals surface area contributed by atoms with Crippen molar-refractivity contribution in [2.75, 3.05) is 69.4 Å². The van der Waals surface area contributed by atoms with Crippen molar-refractivity contribution in [3.63, 3.8) is 0 Å². The lowest BCUT2D eigenvalue weighted by atomic mass is 9.82. The summed E-state index contributed by atoms with van der Waals surface area (Å²) in [6.07, 6.45) is 3.04. The first-order chi connectivity index (χ1) is 21.0. The normalized spacial score (nSPS) is 21.9. The number of rotatable bonds is 11. The van der Waals surface area contributed by atoms with Gasteiger partial charge in [-0.2, -0.15) is 15.0 Å². The lowest BCUT2D eigenvalue weighted by Crippen LogP contribution is -2.38. The van der Waals surface area contributed by atoms with Gasteiger partial charge in [-0.15, -0.1) is 0 Å². The molecule has 0 unspecified atom stereocenters. The summed E-state index contributed by atoms with van der Waals surface area (Å²) < 4.78 is 40.5. The van der Waals surface area contributed by atoms with Gasteiger partial charge < -0.3 is 19.7 Å². The molecule has 4 heterocycles. The van der Waals surface area contributed by atoms with E-state index in [1.165, 1.54) is 4.57 Å². The molecule has 1 N–H and O–H groups in total. The Morgan fingerprint density at radius 1 is 0.907 bits per heavy atom. The molecule has 3 fully saturated rings. The van der Waals surface area contributed by atoms with Crippen molar-refractivity contribution in [3.8, 4) is 5.95 Å². The molecule has 232 valence electrons. The van der Waals surface area contributed by atoms with Gasteiger partial charge in [0, 0.05) is 45.1 Å². The molecule has 0 spiro atoms. The van der Waals surface area contributed by atoms with E-state index < -0.39 is 12.2 Å². The predicted octanol–water partition coefficient (Wildman–Crippen LogP) is 4.03. The molecule has 43 heavy (non-hydrogen) atoms. The van der Waals surface area contributed by atoms with Crippen molar-refractivity contribution in [2.24, 2.45) is 5.92 Å². The Morgan fingerprint density at radius 2 is 1.60 bits per heavy atom. The number of hydrogen-bond donors (Lipinski definition) is 1. The lowest BCUT2D eigenvalue weighted by molar-refractivity contribution is -0.120. The average molecular weight is 599 g/mol. The Kier molecular flexibility index (Phi) is 9.69. The van der Waals surface area contributed by atoms with E-state index in [2.05, 4.69) is 25.2 Å². The van der Waals surface area contributed by atoms with Gasteiger partial charge in [0.2, 0.25) is 17.8 Å². The number of anilines is 2. The minimum Gasteiger partial charge on any atom is -0.379 e. The number of hydrogen-bond acceptors (Lipinski definition) is 10. The average Bonchev–Trinajstić information content (AvgIpc) is 3.43. The van der Waals surface area contributed by atoms with Gasteiger partial charge in [-0.3, -0.25) is 14.3 Å². The number of aromatic nitrogens is 5. The number of benzene rings is 1. The maximum Gasteiger partial charge on any atom is 0.296 e. The van der Waals surface area contributed by atoms with E-state index in [0.717, 1.165) is 65.0 Å². The number of morpholine rings is 2. The number of carbonyl (C=O) groups excluding carboxylic acids is 1. The summed E-state index contributed by atoms with van der Waals surface area (Å²) in [6.45, 7) is 6.70. The van der Waals surface area contributed by atoms with Crippen LogP contribution in [0.3, 0.4) is 0 Å². The molecule has 0 atom stereocenters. The summed E-state index contributed by atoms with van der Waals surface area (Å²) in [4.78, 5) is 35.2. The molecule has 3 aliphatic rings. The molecule has 1 aromatic carbocycles. The highest BCUT2D eigenvalue weighted by atomic mass is 19.3. The number of halogens is 2. The fourth-order valence-electron chi connectivity index (χ4n) is 6.27.